The van der Waals surface area contributed by atoms with Gasteiger partial charge in [-0.3, -0.25) is 4.79 Å². The molecule has 0 spiro atoms. The summed E-state index contributed by atoms with van der Waals surface area (Å²) in [6.45, 7) is 4.21. The Morgan fingerprint density at radius 1 is 1.28 bits per heavy atom. The van der Waals surface area contributed by atoms with Crippen molar-refractivity contribution in [3.63, 3.8) is 0 Å². The predicted octanol–water partition coefficient (Wildman–Crippen LogP) is 2.15. The standard InChI is InChI=1S/C14H16N2O2/c1-10-13(11(2)18-16-10)8-14(17)15-9-12-6-4-3-5-7-12/h3-7H,8-9H2,1-2H3,(H,15,17). The summed E-state index contributed by atoms with van der Waals surface area (Å²) in [4.78, 5) is 11.8. The van der Waals surface area contributed by atoms with Crippen LogP contribution in [0.3, 0.4) is 0 Å². The fourth-order valence-electron chi connectivity index (χ4n) is 1.77. The van der Waals surface area contributed by atoms with E-state index in [9.17, 15) is 4.79 Å². The first-order chi connectivity index (χ1) is 8.66. The summed E-state index contributed by atoms with van der Waals surface area (Å²) in [5.41, 5.74) is 2.74. The molecule has 0 radical (unpaired) electrons. The molecule has 94 valence electrons. The Kier molecular flexibility index (Phi) is 3.77. The van der Waals surface area contributed by atoms with Crippen LogP contribution < -0.4 is 5.32 Å². The van der Waals surface area contributed by atoms with Gasteiger partial charge in [-0.25, -0.2) is 0 Å². The smallest absolute Gasteiger partial charge is 0.224 e. The SMILES string of the molecule is Cc1noc(C)c1CC(=O)NCc1ccccc1. The van der Waals surface area contributed by atoms with Crippen molar-refractivity contribution < 1.29 is 9.32 Å². The van der Waals surface area contributed by atoms with Crippen LogP contribution >= 0.6 is 0 Å². The summed E-state index contributed by atoms with van der Waals surface area (Å²) < 4.78 is 5.03. The van der Waals surface area contributed by atoms with Crippen molar-refractivity contribution >= 4 is 5.91 Å². The van der Waals surface area contributed by atoms with E-state index in [2.05, 4.69) is 10.5 Å². The van der Waals surface area contributed by atoms with Crippen LogP contribution in [0.15, 0.2) is 34.9 Å². The molecule has 18 heavy (non-hydrogen) atoms. The van der Waals surface area contributed by atoms with Gasteiger partial charge in [0, 0.05) is 12.1 Å². The number of hydrogen-bond donors (Lipinski definition) is 1. The topological polar surface area (TPSA) is 55.1 Å². The van der Waals surface area contributed by atoms with E-state index >= 15 is 0 Å². The average Bonchev–Trinajstić information content (AvgIpc) is 2.69. The second-order valence-corrected chi connectivity index (χ2v) is 4.24. The third-order valence-electron chi connectivity index (χ3n) is 2.85. The number of hydrogen-bond acceptors (Lipinski definition) is 3. The van der Waals surface area contributed by atoms with Gasteiger partial charge < -0.3 is 9.84 Å². The van der Waals surface area contributed by atoms with Crippen molar-refractivity contribution in [3.8, 4) is 0 Å². The maximum atomic E-state index is 11.8. The van der Waals surface area contributed by atoms with Crippen LogP contribution in [0.5, 0.6) is 0 Å². The Morgan fingerprint density at radius 3 is 2.61 bits per heavy atom. The molecule has 1 amide bonds. The molecule has 0 aliphatic rings. The van der Waals surface area contributed by atoms with Crippen LogP contribution in [0.2, 0.25) is 0 Å². The Morgan fingerprint density at radius 2 is 2.00 bits per heavy atom. The molecule has 1 N–H and O–H groups in total. The molecule has 0 aliphatic carbocycles. The number of amides is 1. The second kappa shape index (κ2) is 5.49. The number of carbonyl (C=O) groups is 1. The van der Waals surface area contributed by atoms with Crippen LogP contribution in [0, 0.1) is 13.8 Å². The fraction of sp³-hybridized carbons (Fsp3) is 0.286. The van der Waals surface area contributed by atoms with Crippen molar-refractivity contribution in [2.45, 2.75) is 26.8 Å². The zero-order valence-corrected chi connectivity index (χ0v) is 10.6. The Hall–Kier alpha value is -2.10. The average molecular weight is 244 g/mol. The van der Waals surface area contributed by atoms with Crippen molar-refractivity contribution in [3.05, 3.63) is 52.9 Å². The number of nitrogens with zero attached hydrogens (tertiary/aromatic N) is 1. The summed E-state index contributed by atoms with van der Waals surface area (Å²) in [7, 11) is 0. The van der Waals surface area contributed by atoms with Gasteiger partial charge in [0.1, 0.15) is 5.76 Å². The minimum absolute atomic E-state index is 0.0201. The fourth-order valence-corrected chi connectivity index (χ4v) is 1.77. The summed E-state index contributed by atoms with van der Waals surface area (Å²) in [5.74, 6) is 0.690. The number of aromatic nitrogens is 1. The van der Waals surface area contributed by atoms with Crippen LogP contribution in [0.1, 0.15) is 22.6 Å². The second-order valence-electron chi connectivity index (χ2n) is 4.24. The monoisotopic (exact) mass is 244 g/mol. The maximum Gasteiger partial charge on any atom is 0.224 e. The summed E-state index contributed by atoms with van der Waals surface area (Å²) >= 11 is 0. The van der Waals surface area contributed by atoms with E-state index in [0.29, 0.717) is 18.7 Å². The molecule has 4 nitrogen and oxygen atoms in total. The van der Waals surface area contributed by atoms with E-state index in [1.54, 1.807) is 0 Å². The molecule has 0 atom stereocenters. The first kappa shape index (κ1) is 12.4. The molecule has 0 aliphatic heterocycles. The molecular weight excluding hydrogens is 228 g/mol. The highest BCUT2D eigenvalue weighted by Gasteiger charge is 2.12. The highest BCUT2D eigenvalue weighted by atomic mass is 16.5. The lowest BCUT2D eigenvalue weighted by Gasteiger charge is -2.05. The third kappa shape index (κ3) is 2.97. The molecule has 2 aromatic rings. The highest BCUT2D eigenvalue weighted by molar-refractivity contribution is 5.78. The summed E-state index contributed by atoms with van der Waals surface area (Å²) in [6.07, 6.45) is 0.313. The van der Waals surface area contributed by atoms with Gasteiger partial charge >= 0.3 is 0 Å². The molecule has 0 fully saturated rings. The lowest BCUT2D eigenvalue weighted by Crippen LogP contribution is -2.24. The predicted molar refractivity (Wildman–Crippen MR) is 68.0 cm³/mol. The molecule has 4 heteroatoms. The lowest BCUT2D eigenvalue weighted by atomic mass is 10.1. The van der Waals surface area contributed by atoms with Gasteiger partial charge in [0.2, 0.25) is 5.91 Å². The third-order valence-corrected chi connectivity index (χ3v) is 2.85. The van der Waals surface area contributed by atoms with Crippen LogP contribution in [-0.2, 0) is 17.8 Å². The van der Waals surface area contributed by atoms with Crippen LogP contribution in [0.4, 0.5) is 0 Å². The molecule has 0 saturated carbocycles. The van der Waals surface area contributed by atoms with E-state index in [1.807, 2.05) is 44.2 Å². The molecule has 0 unspecified atom stereocenters. The zero-order valence-electron chi connectivity index (χ0n) is 10.6. The van der Waals surface area contributed by atoms with Gasteiger partial charge in [0.05, 0.1) is 12.1 Å². The van der Waals surface area contributed by atoms with Crippen molar-refractivity contribution in [2.24, 2.45) is 0 Å². The van der Waals surface area contributed by atoms with Gasteiger partial charge in [-0.15, -0.1) is 0 Å². The van der Waals surface area contributed by atoms with E-state index in [4.69, 9.17) is 4.52 Å². The molecule has 0 bridgehead atoms. The number of benzene rings is 1. The molecule has 1 aromatic carbocycles. The summed E-state index contributed by atoms with van der Waals surface area (Å²) in [5, 5.41) is 6.72. The molecule has 1 heterocycles. The first-order valence-electron chi connectivity index (χ1n) is 5.89. The van der Waals surface area contributed by atoms with E-state index < -0.39 is 0 Å². The van der Waals surface area contributed by atoms with Gasteiger partial charge in [0.15, 0.2) is 0 Å². The highest BCUT2D eigenvalue weighted by Crippen LogP contribution is 2.12. The van der Waals surface area contributed by atoms with Crippen molar-refractivity contribution in [1.29, 1.82) is 0 Å². The van der Waals surface area contributed by atoms with Gasteiger partial charge in [-0.05, 0) is 19.4 Å². The number of aryl methyl sites for hydroxylation is 2. The number of nitrogens with one attached hydrogen (secondary N) is 1. The van der Waals surface area contributed by atoms with Gasteiger partial charge in [-0.1, -0.05) is 35.5 Å². The minimum atomic E-state index is -0.0201. The Balaban J connectivity index is 1.90. The normalized spacial score (nSPS) is 10.3. The van der Waals surface area contributed by atoms with Gasteiger partial charge in [-0.2, -0.15) is 0 Å². The summed E-state index contributed by atoms with van der Waals surface area (Å²) in [6, 6.07) is 9.83. The van der Waals surface area contributed by atoms with Crippen LogP contribution in [-0.4, -0.2) is 11.1 Å². The maximum absolute atomic E-state index is 11.8. The first-order valence-corrected chi connectivity index (χ1v) is 5.89. The zero-order chi connectivity index (χ0) is 13.0. The number of carbonyl (C=O) groups excluding carboxylic acids is 1. The van der Waals surface area contributed by atoms with Gasteiger partial charge in [0.25, 0.3) is 0 Å². The molecule has 1 aromatic heterocycles. The molecule has 0 saturated heterocycles. The largest absolute Gasteiger partial charge is 0.361 e. The minimum Gasteiger partial charge on any atom is -0.361 e. The van der Waals surface area contributed by atoms with Crippen LogP contribution in [0.25, 0.3) is 0 Å². The molecule has 2 rings (SSSR count). The van der Waals surface area contributed by atoms with Crippen molar-refractivity contribution in [1.82, 2.24) is 10.5 Å². The molecular formula is C14H16N2O2. The quantitative estimate of drug-likeness (QED) is 0.896. The van der Waals surface area contributed by atoms with Crippen molar-refractivity contribution in [2.75, 3.05) is 0 Å². The van der Waals surface area contributed by atoms with E-state index in [1.165, 1.54) is 0 Å². The van der Waals surface area contributed by atoms with E-state index in [-0.39, 0.29) is 5.91 Å². The Labute approximate surface area is 106 Å². The number of rotatable bonds is 4. The van der Waals surface area contributed by atoms with E-state index in [0.717, 1.165) is 16.8 Å². The lowest BCUT2D eigenvalue weighted by molar-refractivity contribution is -0.120. The Bertz CT molecular complexity index is 512.